The Kier molecular flexibility index (Phi) is 8.03. The summed E-state index contributed by atoms with van der Waals surface area (Å²) in [6, 6.07) is 5.27. The molecular weight excluding hydrogens is 326 g/mol. The molecule has 0 spiro atoms. The Morgan fingerprint density at radius 1 is 1.23 bits per heavy atom. The summed E-state index contributed by atoms with van der Waals surface area (Å²) in [5, 5.41) is 7.86. The highest BCUT2D eigenvalue weighted by Gasteiger charge is 2.21. The van der Waals surface area contributed by atoms with Gasteiger partial charge in [0, 0.05) is 0 Å². The third-order valence-electron chi connectivity index (χ3n) is 3.63. The number of carbonyl (C=O) groups is 1. The molecule has 8 heteroatoms. The summed E-state index contributed by atoms with van der Waals surface area (Å²) in [6.45, 7) is 5.72. The fourth-order valence-electron chi connectivity index (χ4n) is 1.85. The third-order valence-corrected chi connectivity index (χ3v) is 4.56. The van der Waals surface area contributed by atoms with E-state index in [1.165, 1.54) is 12.1 Å². The maximum atomic E-state index is 12.0. The number of nitrogens with one attached hydrogen (secondary N) is 1. The predicted molar refractivity (Wildman–Crippen MR) is 89.1 cm³/mol. The second-order valence-corrected chi connectivity index (χ2v) is 6.82. The number of amides is 1. The summed E-state index contributed by atoms with van der Waals surface area (Å²) < 4.78 is 22.4. The molecule has 1 amide bonds. The first-order valence-corrected chi connectivity index (χ1v) is 8.40. The van der Waals surface area contributed by atoms with Crippen LogP contribution in [-0.4, -0.2) is 20.4 Å². The zero-order valence-electron chi connectivity index (χ0n) is 12.9. The Morgan fingerprint density at radius 2 is 1.73 bits per heavy atom. The van der Waals surface area contributed by atoms with Crippen LogP contribution in [0.25, 0.3) is 0 Å². The number of rotatable bonds is 6. The van der Waals surface area contributed by atoms with E-state index in [0.717, 1.165) is 12.0 Å². The molecule has 22 heavy (non-hydrogen) atoms. The maximum absolute atomic E-state index is 12.0. The minimum absolute atomic E-state index is 0. The largest absolute Gasteiger partial charge is 0.348 e. The highest BCUT2D eigenvalue weighted by molar-refractivity contribution is 7.89. The molecule has 0 saturated heterocycles. The van der Waals surface area contributed by atoms with Crippen molar-refractivity contribution in [3.05, 3.63) is 29.8 Å². The molecule has 0 aliphatic rings. The quantitative estimate of drug-likeness (QED) is 0.717. The second kappa shape index (κ2) is 8.47. The van der Waals surface area contributed by atoms with Gasteiger partial charge < -0.3 is 11.1 Å². The molecule has 0 heterocycles. The van der Waals surface area contributed by atoms with Crippen molar-refractivity contribution in [2.75, 3.05) is 0 Å². The lowest BCUT2D eigenvalue weighted by molar-refractivity contribution is -0.124. The van der Waals surface area contributed by atoms with E-state index in [1.807, 2.05) is 20.8 Å². The lowest BCUT2D eigenvalue weighted by Gasteiger charge is -2.21. The number of nitrogens with two attached hydrogens (primary N) is 2. The highest BCUT2D eigenvalue weighted by atomic mass is 35.5. The Balaban J connectivity index is 0.00000441. The van der Waals surface area contributed by atoms with Crippen LogP contribution in [0.2, 0.25) is 0 Å². The predicted octanol–water partition coefficient (Wildman–Crippen LogP) is 1.31. The third kappa shape index (κ3) is 5.57. The molecule has 0 aliphatic carbocycles. The molecule has 6 nitrogen and oxygen atoms in total. The van der Waals surface area contributed by atoms with Crippen molar-refractivity contribution in [3.8, 4) is 0 Å². The molecule has 0 radical (unpaired) electrons. The fourth-order valence-corrected chi connectivity index (χ4v) is 2.37. The van der Waals surface area contributed by atoms with Crippen molar-refractivity contribution < 1.29 is 13.2 Å². The normalized spacial score (nSPS) is 15.3. The van der Waals surface area contributed by atoms with Gasteiger partial charge in [0.2, 0.25) is 15.9 Å². The monoisotopic (exact) mass is 349 g/mol. The van der Waals surface area contributed by atoms with Crippen molar-refractivity contribution in [1.29, 1.82) is 0 Å². The summed E-state index contributed by atoms with van der Waals surface area (Å²) in [4.78, 5) is 12.0. The lowest BCUT2D eigenvalue weighted by Crippen LogP contribution is -2.45. The lowest BCUT2D eigenvalue weighted by atomic mass is 9.98. The van der Waals surface area contributed by atoms with Gasteiger partial charge >= 0.3 is 0 Å². The van der Waals surface area contributed by atoms with Gasteiger partial charge in [-0.25, -0.2) is 13.6 Å². The van der Waals surface area contributed by atoms with Crippen LogP contribution in [-0.2, 0) is 14.8 Å². The standard InChI is InChI=1S/C14H23N3O3S.ClH/c1-4-9(2)13(15)14(18)17-10(3)11-5-7-12(8-6-11)21(16,19)20;/h5-10,13H,4,15H2,1-3H3,(H,17,18)(H2,16,19,20);1H. The van der Waals surface area contributed by atoms with Crippen LogP contribution >= 0.6 is 12.4 Å². The van der Waals surface area contributed by atoms with Crippen LogP contribution in [0, 0.1) is 5.92 Å². The van der Waals surface area contributed by atoms with Crippen LogP contribution < -0.4 is 16.2 Å². The van der Waals surface area contributed by atoms with Gasteiger partial charge in [-0.3, -0.25) is 4.79 Å². The van der Waals surface area contributed by atoms with Crippen LogP contribution in [0.15, 0.2) is 29.2 Å². The molecule has 3 unspecified atom stereocenters. The SMILES string of the molecule is CCC(C)C(N)C(=O)NC(C)c1ccc(S(N)(=O)=O)cc1.Cl. The summed E-state index contributed by atoms with van der Waals surface area (Å²) in [5.41, 5.74) is 6.66. The van der Waals surface area contributed by atoms with E-state index >= 15 is 0 Å². The van der Waals surface area contributed by atoms with Crippen LogP contribution in [0.4, 0.5) is 0 Å². The Labute approximate surface area is 138 Å². The van der Waals surface area contributed by atoms with E-state index in [-0.39, 0.29) is 35.2 Å². The number of sulfonamides is 1. The van der Waals surface area contributed by atoms with Crippen LogP contribution in [0.1, 0.15) is 38.8 Å². The van der Waals surface area contributed by atoms with Gasteiger partial charge in [-0.2, -0.15) is 0 Å². The van der Waals surface area contributed by atoms with E-state index in [9.17, 15) is 13.2 Å². The molecule has 5 N–H and O–H groups in total. The summed E-state index contributed by atoms with van der Waals surface area (Å²) in [7, 11) is -3.70. The zero-order chi connectivity index (χ0) is 16.2. The number of primary sulfonamides is 1. The Morgan fingerprint density at radius 3 is 2.14 bits per heavy atom. The van der Waals surface area contributed by atoms with E-state index in [1.54, 1.807) is 12.1 Å². The molecule has 1 aromatic rings. The maximum Gasteiger partial charge on any atom is 0.238 e. The van der Waals surface area contributed by atoms with Crippen molar-refractivity contribution >= 4 is 28.3 Å². The van der Waals surface area contributed by atoms with E-state index < -0.39 is 16.1 Å². The topological polar surface area (TPSA) is 115 Å². The molecule has 1 aromatic carbocycles. The van der Waals surface area contributed by atoms with Crippen molar-refractivity contribution in [1.82, 2.24) is 5.32 Å². The van der Waals surface area contributed by atoms with E-state index in [0.29, 0.717) is 0 Å². The molecule has 0 saturated carbocycles. The van der Waals surface area contributed by atoms with Crippen molar-refractivity contribution in [2.45, 2.75) is 44.2 Å². The Hall–Kier alpha value is -1.15. The molecule has 0 aliphatic heterocycles. The zero-order valence-corrected chi connectivity index (χ0v) is 14.6. The fraction of sp³-hybridized carbons (Fsp3) is 0.500. The van der Waals surface area contributed by atoms with Gasteiger partial charge in [0.1, 0.15) is 0 Å². The summed E-state index contributed by atoms with van der Waals surface area (Å²) in [5.74, 6) is -0.116. The van der Waals surface area contributed by atoms with Gasteiger partial charge in [0.15, 0.2) is 0 Å². The molecule has 1 rings (SSSR count). The molecule has 0 bridgehead atoms. The average Bonchev–Trinajstić information content (AvgIpc) is 2.44. The smallest absolute Gasteiger partial charge is 0.238 e. The van der Waals surface area contributed by atoms with Crippen molar-refractivity contribution in [3.63, 3.8) is 0 Å². The second-order valence-electron chi connectivity index (χ2n) is 5.26. The van der Waals surface area contributed by atoms with Crippen LogP contribution in [0.3, 0.4) is 0 Å². The van der Waals surface area contributed by atoms with Gasteiger partial charge in [-0.1, -0.05) is 32.4 Å². The number of carbonyl (C=O) groups excluding carboxylic acids is 1. The molecule has 126 valence electrons. The van der Waals surface area contributed by atoms with Crippen LogP contribution in [0.5, 0.6) is 0 Å². The first-order chi connectivity index (χ1) is 9.66. The number of hydrogen-bond acceptors (Lipinski definition) is 4. The Bertz CT molecular complexity index is 590. The van der Waals surface area contributed by atoms with E-state index in [2.05, 4.69) is 5.32 Å². The minimum atomic E-state index is -3.70. The van der Waals surface area contributed by atoms with Gasteiger partial charge in [-0.05, 0) is 30.5 Å². The molecular formula is C14H24ClN3O3S. The number of benzene rings is 1. The first kappa shape index (κ1) is 20.9. The molecule has 0 aromatic heterocycles. The first-order valence-electron chi connectivity index (χ1n) is 6.85. The molecule has 3 atom stereocenters. The average molecular weight is 350 g/mol. The van der Waals surface area contributed by atoms with Crippen molar-refractivity contribution in [2.24, 2.45) is 16.8 Å². The summed E-state index contributed by atoms with van der Waals surface area (Å²) >= 11 is 0. The van der Waals surface area contributed by atoms with Gasteiger partial charge in [-0.15, -0.1) is 12.4 Å². The number of halogens is 1. The summed E-state index contributed by atoms with van der Waals surface area (Å²) in [6.07, 6.45) is 0.825. The number of hydrogen-bond donors (Lipinski definition) is 3. The highest BCUT2D eigenvalue weighted by Crippen LogP contribution is 2.16. The minimum Gasteiger partial charge on any atom is -0.348 e. The van der Waals surface area contributed by atoms with Gasteiger partial charge in [0.25, 0.3) is 0 Å². The van der Waals surface area contributed by atoms with Gasteiger partial charge in [0.05, 0.1) is 17.0 Å². The van der Waals surface area contributed by atoms with E-state index in [4.69, 9.17) is 10.9 Å². The molecule has 0 fully saturated rings.